The molecule has 1 saturated carbocycles. The van der Waals surface area contributed by atoms with Crippen LogP contribution in [0.25, 0.3) is 16.9 Å². The zero-order valence-corrected chi connectivity index (χ0v) is 15.2. The first-order chi connectivity index (χ1) is 13.8. The summed E-state index contributed by atoms with van der Waals surface area (Å²) in [5.41, 5.74) is 1.75. The fourth-order valence-corrected chi connectivity index (χ4v) is 2.95. The lowest BCUT2D eigenvalue weighted by Crippen LogP contribution is -2.25. The van der Waals surface area contributed by atoms with Crippen LogP contribution >= 0.6 is 0 Å². The van der Waals surface area contributed by atoms with Gasteiger partial charge in [0.1, 0.15) is 5.75 Å². The van der Waals surface area contributed by atoms with E-state index in [1.807, 2.05) is 0 Å². The molecule has 0 atom stereocenters. The molecule has 1 aliphatic carbocycles. The van der Waals surface area contributed by atoms with Crippen molar-refractivity contribution < 1.29 is 23.1 Å². The number of aromatic hydroxyl groups is 1. The quantitative estimate of drug-likeness (QED) is 0.585. The predicted molar refractivity (Wildman–Crippen MR) is 99.7 cm³/mol. The highest BCUT2D eigenvalue weighted by Gasteiger charge is 2.27. The van der Waals surface area contributed by atoms with E-state index in [0.717, 1.165) is 12.8 Å². The number of hydrogen-bond donors (Lipinski definition) is 3. The molecule has 10 heteroatoms. The Hall–Kier alpha value is -3.30. The monoisotopic (exact) mass is 405 g/mol. The third kappa shape index (κ3) is 4.25. The number of anilines is 1. The van der Waals surface area contributed by atoms with E-state index in [-0.39, 0.29) is 35.6 Å². The molecule has 7 nitrogen and oxygen atoms in total. The van der Waals surface area contributed by atoms with Gasteiger partial charge in [0.2, 0.25) is 0 Å². The van der Waals surface area contributed by atoms with Gasteiger partial charge in [0, 0.05) is 30.5 Å². The highest BCUT2D eigenvalue weighted by Crippen LogP contribution is 2.29. The van der Waals surface area contributed by atoms with Crippen LogP contribution in [-0.2, 0) is 0 Å². The zero-order valence-electron chi connectivity index (χ0n) is 15.2. The number of halogens is 3. The van der Waals surface area contributed by atoms with Gasteiger partial charge in [0.15, 0.2) is 11.5 Å². The van der Waals surface area contributed by atoms with Crippen LogP contribution in [0.15, 0.2) is 36.8 Å². The Balaban J connectivity index is 1.58. The fraction of sp³-hybridized carbons (Fsp3) is 0.316. The van der Waals surface area contributed by atoms with Crippen LogP contribution in [0.4, 0.5) is 19.0 Å². The summed E-state index contributed by atoms with van der Waals surface area (Å²) in [4.78, 5) is 20.5. The Bertz CT molecular complexity index is 1060. The maximum Gasteiger partial charge on any atom is 0.390 e. The molecular weight excluding hydrogens is 387 g/mol. The molecule has 0 radical (unpaired) electrons. The lowest BCUT2D eigenvalue weighted by molar-refractivity contribution is -0.131. The number of nitrogens with one attached hydrogen (secondary N) is 2. The number of carbonyl (C=O) groups excluding carboxylic acids is 1. The SMILES string of the molecule is O=C(NC1CC1)c1ccc(-c2cnc3c(NCCC(F)(F)F)nccn23)cc1O. The fourth-order valence-electron chi connectivity index (χ4n) is 2.95. The number of alkyl halides is 3. The van der Waals surface area contributed by atoms with Gasteiger partial charge in [-0.3, -0.25) is 9.20 Å². The standard InChI is InChI=1S/C19H18F3N5O2/c20-19(21,22)5-6-23-16-17-25-10-14(27(17)8-7-24-16)11-1-4-13(15(28)9-11)18(29)26-12-2-3-12/h1,4,7-10,12,28H,2-3,5-6H2,(H,23,24)(H,26,29). The summed E-state index contributed by atoms with van der Waals surface area (Å²) in [6.45, 7) is -0.316. The van der Waals surface area contributed by atoms with Crippen molar-refractivity contribution in [3.05, 3.63) is 42.4 Å². The molecule has 0 spiro atoms. The first-order valence-corrected chi connectivity index (χ1v) is 9.09. The van der Waals surface area contributed by atoms with Crippen molar-refractivity contribution in [1.82, 2.24) is 19.7 Å². The summed E-state index contributed by atoms with van der Waals surface area (Å²) in [7, 11) is 0. The van der Waals surface area contributed by atoms with E-state index in [4.69, 9.17) is 0 Å². The molecule has 152 valence electrons. The molecule has 1 aliphatic rings. The van der Waals surface area contributed by atoms with Gasteiger partial charge in [-0.05, 0) is 25.0 Å². The van der Waals surface area contributed by atoms with Crippen molar-refractivity contribution in [1.29, 1.82) is 0 Å². The van der Waals surface area contributed by atoms with E-state index in [0.29, 0.717) is 16.9 Å². The Morgan fingerprint density at radius 1 is 1.28 bits per heavy atom. The number of amides is 1. The lowest BCUT2D eigenvalue weighted by atomic mass is 10.1. The van der Waals surface area contributed by atoms with Gasteiger partial charge in [0.05, 0.1) is 23.9 Å². The first-order valence-electron chi connectivity index (χ1n) is 9.09. The highest BCUT2D eigenvalue weighted by molar-refractivity contribution is 5.97. The Kier molecular flexibility index (Phi) is 4.77. The summed E-state index contributed by atoms with van der Waals surface area (Å²) in [5, 5.41) is 15.8. The number of benzene rings is 1. The van der Waals surface area contributed by atoms with E-state index in [9.17, 15) is 23.1 Å². The van der Waals surface area contributed by atoms with E-state index >= 15 is 0 Å². The summed E-state index contributed by atoms with van der Waals surface area (Å²) in [5.74, 6) is -0.254. The van der Waals surface area contributed by atoms with E-state index in [2.05, 4.69) is 20.6 Å². The molecular formula is C19H18F3N5O2. The molecule has 1 amide bonds. The number of nitrogens with zero attached hydrogens (tertiary/aromatic N) is 3. The average molecular weight is 405 g/mol. The number of carbonyl (C=O) groups is 1. The molecule has 0 bridgehead atoms. The molecule has 2 heterocycles. The summed E-state index contributed by atoms with van der Waals surface area (Å²) in [6.07, 6.45) is 1.25. The topological polar surface area (TPSA) is 91.5 Å². The van der Waals surface area contributed by atoms with Crippen molar-refractivity contribution in [3.63, 3.8) is 0 Å². The number of phenols is 1. The maximum atomic E-state index is 12.4. The third-order valence-corrected chi connectivity index (χ3v) is 4.58. The van der Waals surface area contributed by atoms with Crippen LogP contribution in [-0.4, -0.2) is 44.1 Å². The minimum atomic E-state index is -4.26. The number of fused-ring (bicyclic) bond motifs is 1. The highest BCUT2D eigenvalue weighted by atomic mass is 19.4. The van der Waals surface area contributed by atoms with E-state index < -0.39 is 12.6 Å². The Morgan fingerprint density at radius 3 is 2.76 bits per heavy atom. The number of aromatic nitrogens is 3. The second-order valence-corrected chi connectivity index (χ2v) is 6.88. The maximum absolute atomic E-state index is 12.4. The number of hydrogen-bond acceptors (Lipinski definition) is 5. The van der Waals surface area contributed by atoms with Gasteiger partial charge in [-0.15, -0.1) is 0 Å². The molecule has 29 heavy (non-hydrogen) atoms. The number of phenolic OH excluding ortho intramolecular Hbond substituents is 1. The molecule has 3 N–H and O–H groups in total. The third-order valence-electron chi connectivity index (χ3n) is 4.58. The van der Waals surface area contributed by atoms with Crippen LogP contribution in [0.3, 0.4) is 0 Å². The molecule has 2 aromatic heterocycles. The number of imidazole rings is 1. The van der Waals surface area contributed by atoms with Crippen LogP contribution in [0.1, 0.15) is 29.6 Å². The summed E-state index contributed by atoms with van der Waals surface area (Å²) in [6, 6.07) is 4.85. The molecule has 0 saturated heterocycles. The van der Waals surface area contributed by atoms with Crippen LogP contribution < -0.4 is 10.6 Å². The minimum Gasteiger partial charge on any atom is -0.507 e. The minimum absolute atomic E-state index is 0.159. The van der Waals surface area contributed by atoms with Gasteiger partial charge < -0.3 is 15.7 Å². The second kappa shape index (κ2) is 7.26. The molecule has 1 aromatic carbocycles. The summed E-state index contributed by atoms with van der Waals surface area (Å²) < 4.78 is 38.7. The normalized spacial score (nSPS) is 14.2. The van der Waals surface area contributed by atoms with Crippen LogP contribution in [0, 0.1) is 0 Å². The molecule has 3 aromatic rings. The van der Waals surface area contributed by atoms with Crippen molar-refractivity contribution in [2.24, 2.45) is 0 Å². The van der Waals surface area contributed by atoms with Crippen LogP contribution in [0.2, 0.25) is 0 Å². The summed E-state index contributed by atoms with van der Waals surface area (Å²) >= 11 is 0. The largest absolute Gasteiger partial charge is 0.507 e. The second-order valence-electron chi connectivity index (χ2n) is 6.88. The van der Waals surface area contributed by atoms with Gasteiger partial charge in [-0.25, -0.2) is 9.97 Å². The van der Waals surface area contributed by atoms with Crippen molar-refractivity contribution >= 4 is 17.4 Å². The molecule has 1 fully saturated rings. The lowest BCUT2D eigenvalue weighted by Gasteiger charge is -2.10. The van der Waals surface area contributed by atoms with Gasteiger partial charge in [-0.2, -0.15) is 13.2 Å². The van der Waals surface area contributed by atoms with Crippen LogP contribution in [0.5, 0.6) is 5.75 Å². The number of rotatable bonds is 6. The van der Waals surface area contributed by atoms with Crippen molar-refractivity contribution in [2.75, 3.05) is 11.9 Å². The smallest absolute Gasteiger partial charge is 0.390 e. The van der Waals surface area contributed by atoms with E-state index in [1.165, 1.54) is 24.5 Å². The molecule has 0 aliphatic heterocycles. The van der Waals surface area contributed by atoms with E-state index in [1.54, 1.807) is 16.7 Å². The van der Waals surface area contributed by atoms with Gasteiger partial charge >= 0.3 is 6.18 Å². The molecule has 4 rings (SSSR count). The van der Waals surface area contributed by atoms with Crippen molar-refractivity contribution in [2.45, 2.75) is 31.5 Å². The zero-order chi connectivity index (χ0) is 20.6. The Labute approximate surface area is 163 Å². The van der Waals surface area contributed by atoms with Gasteiger partial charge in [0.25, 0.3) is 5.91 Å². The van der Waals surface area contributed by atoms with Gasteiger partial charge in [-0.1, -0.05) is 6.07 Å². The Morgan fingerprint density at radius 2 is 2.07 bits per heavy atom. The van der Waals surface area contributed by atoms with Crippen molar-refractivity contribution in [3.8, 4) is 17.0 Å². The average Bonchev–Trinajstić information content (AvgIpc) is 3.35. The molecule has 0 unspecified atom stereocenters. The first kappa shape index (κ1) is 19.0. The predicted octanol–water partition coefficient (Wildman–Crippen LogP) is 3.36.